The Labute approximate surface area is 154 Å². The normalized spacial score (nSPS) is 10.8. The zero-order valence-corrected chi connectivity index (χ0v) is 15.8. The van der Waals surface area contributed by atoms with Crippen LogP contribution in [0.3, 0.4) is 0 Å². The van der Waals surface area contributed by atoms with Crippen molar-refractivity contribution in [3.05, 3.63) is 76.6 Å². The van der Waals surface area contributed by atoms with E-state index < -0.39 is 0 Å². The lowest BCUT2D eigenvalue weighted by molar-refractivity contribution is -0.116. The molecule has 26 heavy (non-hydrogen) atoms. The second-order valence-electron chi connectivity index (χ2n) is 6.69. The van der Waals surface area contributed by atoms with Crippen LogP contribution in [-0.4, -0.2) is 15.7 Å². The molecule has 0 saturated heterocycles. The third-order valence-corrected chi connectivity index (χ3v) is 4.92. The van der Waals surface area contributed by atoms with Gasteiger partial charge in [-0.2, -0.15) is 5.10 Å². The third-order valence-electron chi connectivity index (χ3n) is 4.92. The summed E-state index contributed by atoms with van der Waals surface area (Å²) in [6.45, 7) is 8.15. The molecule has 2 aromatic carbocycles. The summed E-state index contributed by atoms with van der Waals surface area (Å²) in [5.74, 6) is 0.0324. The molecule has 4 nitrogen and oxygen atoms in total. The molecule has 0 atom stereocenters. The van der Waals surface area contributed by atoms with Crippen LogP contribution in [0, 0.1) is 27.7 Å². The first-order valence-electron chi connectivity index (χ1n) is 8.94. The minimum absolute atomic E-state index is 0.0324. The van der Waals surface area contributed by atoms with Gasteiger partial charge in [-0.05, 0) is 69.0 Å². The van der Waals surface area contributed by atoms with Crippen molar-refractivity contribution >= 4 is 11.6 Å². The van der Waals surface area contributed by atoms with Gasteiger partial charge in [0.2, 0.25) is 5.91 Å². The molecule has 0 radical (unpaired) electrons. The van der Waals surface area contributed by atoms with Crippen molar-refractivity contribution in [2.24, 2.45) is 0 Å². The zero-order chi connectivity index (χ0) is 18.7. The number of benzene rings is 2. The summed E-state index contributed by atoms with van der Waals surface area (Å²) in [5.41, 5.74) is 7.44. The number of anilines is 1. The molecule has 1 amide bonds. The van der Waals surface area contributed by atoms with Gasteiger partial charge in [0, 0.05) is 17.8 Å². The van der Waals surface area contributed by atoms with E-state index in [1.807, 2.05) is 61.0 Å². The summed E-state index contributed by atoms with van der Waals surface area (Å²) in [5, 5.41) is 7.69. The molecule has 0 aliphatic heterocycles. The molecule has 3 aromatic rings. The molecule has 1 aromatic heterocycles. The number of carbonyl (C=O) groups excluding carboxylic acids is 1. The maximum Gasteiger partial charge on any atom is 0.224 e. The predicted molar refractivity (Wildman–Crippen MR) is 106 cm³/mol. The molecule has 0 bridgehead atoms. The smallest absolute Gasteiger partial charge is 0.224 e. The fraction of sp³-hybridized carbons (Fsp3) is 0.273. The maximum absolute atomic E-state index is 12.4. The molecule has 134 valence electrons. The Morgan fingerprint density at radius 1 is 1.00 bits per heavy atom. The lowest BCUT2D eigenvalue weighted by Crippen LogP contribution is -2.14. The van der Waals surface area contributed by atoms with Gasteiger partial charge in [-0.3, -0.25) is 4.79 Å². The fourth-order valence-corrected chi connectivity index (χ4v) is 3.20. The van der Waals surface area contributed by atoms with Gasteiger partial charge in [-0.1, -0.05) is 30.3 Å². The summed E-state index contributed by atoms with van der Waals surface area (Å²) < 4.78 is 1.95. The summed E-state index contributed by atoms with van der Waals surface area (Å²) in [6, 6.07) is 16.0. The Hall–Kier alpha value is -2.88. The number of aryl methyl sites for hydroxylation is 2. The number of carbonyl (C=O) groups is 1. The number of hydrogen-bond donors (Lipinski definition) is 1. The average molecular weight is 347 g/mol. The van der Waals surface area contributed by atoms with E-state index >= 15 is 0 Å². The summed E-state index contributed by atoms with van der Waals surface area (Å²) in [6.07, 6.45) is 1.12. The van der Waals surface area contributed by atoms with Gasteiger partial charge < -0.3 is 5.32 Å². The van der Waals surface area contributed by atoms with Crippen molar-refractivity contribution < 1.29 is 4.79 Å². The van der Waals surface area contributed by atoms with Crippen LogP contribution in [0.5, 0.6) is 0 Å². The molecule has 4 heteroatoms. The van der Waals surface area contributed by atoms with E-state index in [0.717, 1.165) is 33.9 Å². The topological polar surface area (TPSA) is 46.9 Å². The van der Waals surface area contributed by atoms with E-state index in [9.17, 15) is 4.79 Å². The lowest BCUT2D eigenvalue weighted by Gasteiger charge is -2.10. The fourth-order valence-electron chi connectivity index (χ4n) is 3.20. The highest BCUT2D eigenvalue weighted by molar-refractivity contribution is 5.91. The van der Waals surface area contributed by atoms with E-state index in [0.29, 0.717) is 12.8 Å². The predicted octanol–water partition coefficient (Wildman–Crippen LogP) is 4.68. The van der Waals surface area contributed by atoms with Crippen LogP contribution >= 0.6 is 0 Å². The summed E-state index contributed by atoms with van der Waals surface area (Å²) >= 11 is 0. The third kappa shape index (κ3) is 3.69. The van der Waals surface area contributed by atoms with Crippen LogP contribution in [0.25, 0.3) is 5.69 Å². The molecule has 1 N–H and O–H groups in total. The van der Waals surface area contributed by atoms with Crippen LogP contribution < -0.4 is 5.32 Å². The number of nitrogens with zero attached hydrogens (tertiary/aromatic N) is 2. The van der Waals surface area contributed by atoms with Gasteiger partial charge in [0.05, 0.1) is 11.4 Å². The first kappa shape index (κ1) is 17.9. The second kappa shape index (κ2) is 7.56. The van der Waals surface area contributed by atoms with E-state index in [4.69, 9.17) is 0 Å². The van der Waals surface area contributed by atoms with E-state index in [1.165, 1.54) is 5.56 Å². The number of aromatic nitrogens is 2. The largest absolute Gasteiger partial charge is 0.326 e. The Bertz CT molecular complexity index is 926. The van der Waals surface area contributed by atoms with Crippen LogP contribution in [0.15, 0.2) is 48.5 Å². The summed E-state index contributed by atoms with van der Waals surface area (Å²) in [4.78, 5) is 12.4. The highest BCUT2D eigenvalue weighted by Crippen LogP contribution is 2.21. The lowest BCUT2D eigenvalue weighted by atomic mass is 10.1. The Morgan fingerprint density at radius 3 is 2.46 bits per heavy atom. The Morgan fingerprint density at radius 2 is 1.73 bits per heavy atom. The van der Waals surface area contributed by atoms with Gasteiger partial charge in [0.25, 0.3) is 0 Å². The molecule has 0 saturated carbocycles. The molecule has 0 unspecified atom stereocenters. The second-order valence-corrected chi connectivity index (χ2v) is 6.69. The molecular formula is C22H25N3O. The highest BCUT2D eigenvalue weighted by Gasteiger charge is 2.14. The molecule has 0 aliphatic carbocycles. The zero-order valence-electron chi connectivity index (χ0n) is 15.8. The standard InChI is InChI=1S/C22H25N3O/c1-15-9-8-12-21(16(15)2)23-22(26)14-13-20-17(3)24-25(18(20)4)19-10-6-5-7-11-19/h5-12H,13-14H2,1-4H3,(H,23,26). The number of nitrogens with one attached hydrogen (secondary N) is 1. The SMILES string of the molecule is Cc1cccc(NC(=O)CCc2c(C)nn(-c3ccccc3)c2C)c1C. The molecule has 1 heterocycles. The maximum atomic E-state index is 12.4. The summed E-state index contributed by atoms with van der Waals surface area (Å²) in [7, 11) is 0. The van der Waals surface area contributed by atoms with E-state index in [1.54, 1.807) is 0 Å². The van der Waals surface area contributed by atoms with Gasteiger partial charge in [0.15, 0.2) is 0 Å². The van der Waals surface area contributed by atoms with E-state index in [-0.39, 0.29) is 5.91 Å². The van der Waals surface area contributed by atoms with Crippen molar-refractivity contribution in [3.63, 3.8) is 0 Å². The first-order valence-corrected chi connectivity index (χ1v) is 8.94. The van der Waals surface area contributed by atoms with Gasteiger partial charge in [0.1, 0.15) is 0 Å². The van der Waals surface area contributed by atoms with Crippen molar-refractivity contribution in [1.82, 2.24) is 9.78 Å². The van der Waals surface area contributed by atoms with Crippen LogP contribution in [0.2, 0.25) is 0 Å². The highest BCUT2D eigenvalue weighted by atomic mass is 16.1. The van der Waals surface area contributed by atoms with Crippen molar-refractivity contribution in [2.45, 2.75) is 40.5 Å². The minimum atomic E-state index is 0.0324. The molecule has 3 rings (SSSR count). The van der Waals surface area contributed by atoms with Crippen LogP contribution in [-0.2, 0) is 11.2 Å². The Balaban J connectivity index is 1.71. The van der Waals surface area contributed by atoms with Crippen LogP contribution in [0.4, 0.5) is 5.69 Å². The van der Waals surface area contributed by atoms with Gasteiger partial charge in [-0.25, -0.2) is 4.68 Å². The number of hydrogen-bond acceptors (Lipinski definition) is 2. The number of amides is 1. The molecule has 0 aliphatic rings. The van der Waals surface area contributed by atoms with Crippen molar-refractivity contribution in [3.8, 4) is 5.69 Å². The first-order chi connectivity index (χ1) is 12.5. The van der Waals surface area contributed by atoms with Crippen molar-refractivity contribution in [1.29, 1.82) is 0 Å². The Kier molecular flexibility index (Phi) is 5.21. The average Bonchev–Trinajstić information content (AvgIpc) is 2.92. The van der Waals surface area contributed by atoms with Crippen molar-refractivity contribution in [2.75, 3.05) is 5.32 Å². The number of para-hydroxylation sites is 1. The molecular weight excluding hydrogens is 322 g/mol. The minimum Gasteiger partial charge on any atom is -0.326 e. The van der Waals surface area contributed by atoms with Gasteiger partial charge >= 0.3 is 0 Å². The van der Waals surface area contributed by atoms with Gasteiger partial charge in [-0.15, -0.1) is 0 Å². The molecule has 0 fully saturated rings. The van der Waals surface area contributed by atoms with Crippen LogP contribution in [0.1, 0.15) is 34.5 Å². The van der Waals surface area contributed by atoms with E-state index in [2.05, 4.69) is 30.3 Å². The monoisotopic (exact) mass is 347 g/mol. The molecule has 0 spiro atoms. The number of rotatable bonds is 5. The quantitative estimate of drug-likeness (QED) is 0.728.